The number of rotatable bonds is 4. The number of benzene rings is 2. The monoisotopic (exact) mass is 327 g/mol. The zero-order chi connectivity index (χ0) is 16.4. The molecule has 1 N–H and O–H groups in total. The number of H-pyrrole nitrogens is 1. The minimum atomic E-state index is -0.362. The summed E-state index contributed by atoms with van der Waals surface area (Å²) in [6.45, 7) is 0. The molecule has 0 saturated heterocycles. The van der Waals surface area contributed by atoms with Gasteiger partial charge in [0.05, 0.1) is 13.5 Å². The third-order valence-corrected chi connectivity index (χ3v) is 3.89. The summed E-state index contributed by atoms with van der Waals surface area (Å²) in [5.41, 5.74) is 2.47. The molecular formula is C18H14ClNO3. The summed E-state index contributed by atoms with van der Waals surface area (Å²) in [7, 11) is 1.34. The Morgan fingerprint density at radius 1 is 1.17 bits per heavy atom. The smallest absolute Gasteiger partial charge is 0.310 e. The van der Waals surface area contributed by atoms with Crippen LogP contribution in [0.15, 0.2) is 48.7 Å². The van der Waals surface area contributed by atoms with Crippen molar-refractivity contribution in [2.24, 2.45) is 0 Å². The van der Waals surface area contributed by atoms with Gasteiger partial charge in [-0.05, 0) is 17.7 Å². The average molecular weight is 328 g/mol. The molecule has 0 spiro atoms. The molecule has 1 aromatic heterocycles. The van der Waals surface area contributed by atoms with Gasteiger partial charge in [-0.3, -0.25) is 9.59 Å². The van der Waals surface area contributed by atoms with Crippen molar-refractivity contribution in [3.8, 4) is 0 Å². The standard InChI is InChI=1S/C18H14ClNO3/c1-23-16(21)7-12-10-20-15-9-13(19)8-14(17(12)15)18(22)11-5-3-2-4-6-11/h2-6,8-10,20H,7H2,1H3. The largest absolute Gasteiger partial charge is 0.469 e. The Bertz CT molecular complexity index is 884. The van der Waals surface area contributed by atoms with E-state index in [1.54, 1.807) is 30.5 Å². The van der Waals surface area contributed by atoms with Gasteiger partial charge >= 0.3 is 5.97 Å². The van der Waals surface area contributed by atoms with Gasteiger partial charge in [0.15, 0.2) is 5.78 Å². The van der Waals surface area contributed by atoms with Crippen molar-refractivity contribution in [2.75, 3.05) is 7.11 Å². The van der Waals surface area contributed by atoms with Crippen LogP contribution < -0.4 is 0 Å². The van der Waals surface area contributed by atoms with Crippen LogP contribution in [0.25, 0.3) is 10.9 Å². The van der Waals surface area contributed by atoms with Gasteiger partial charge in [-0.1, -0.05) is 41.9 Å². The lowest BCUT2D eigenvalue weighted by atomic mass is 9.97. The van der Waals surface area contributed by atoms with Gasteiger partial charge in [0.1, 0.15) is 0 Å². The highest BCUT2D eigenvalue weighted by molar-refractivity contribution is 6.32. The van der Waals surface area contributed by atoms with E-state index in [4.69, 9.17) is 16.3 Å². The number of fused-ring (bicyclic) bond motifs is 1. The van der Waals surface area contributed by atoms with Crippen LogP contribution in [0.5, 0.6) is 0 Å². The van der Waals surface area contributed by atoms with Crippen molar-refractivity contribution in [1.82, 2.24) is 4.98 Å². The molecule has 0 radical (unpaired) electrons. The zero-order valence-electron chi connectivity index (χ0n) is 12.4. The Hall–Kier alpha value is -2.59. The van der Waals surface area contributed by atoms with Crippen molar-refractivity contribution < 1.29 is 14.3 Å². The highest BCUT2D eigenvalue weighted by Crippen LogP contribution is 2.29. The number of halogens is 1. The molecule has 0 aliphatic heterocycles. The second-order valence-electron chi connectivity index (χ2n) is 5.14. The Kier molecular flexibility index (Phi) is 4.17. The molecule has 0 atom stereocenters. The highest BCUT2D eigenvalue weighted by atomic mass is 35.5. The second-order valence-corrected chi connectivity index (χ2v) is 5.57. The molecule has 0 saturated carbocycles. The summed E-state index contributed by atoms with van der Waals surface area (Å²) < 4.78 is 4.72. The van der Waals surface area contributed by atoms with Crippen LogP contribution in [-0.2, 0) is 16.0 Å². The van der Waals surface area contributed by atoms with Gasteiger partial charge < -0.3 is 9.72 Å². The minimum Gasteiger partial charge on any atom is -0.469 e. The summed E-state index contributed by atoms with van der Waals surface area (Å²) in [6.07, 6.45) is 1.80. The number of esters is 1. The summed E-state index contributed by atoms with van der Waals surface area (Å²) in [6, 6.07) is 12.3. The third-order valence-electron chi connectivity index (χ3n) is 3.67. The molecule has 3 rings (SSSR count). The van der Waals surface area contributed by atoms with Crippen LogP contribution >= 0.6 is 11.6 Å². The first-order valence-corrected chi connectivity index (χ1v) is 7.44. The van der Waals surface area contributed by atoms with Gasteiger partial charge in [0.2, 0.25) is 0 Å². The number of hydrogen-bond acceptors (Lipinski definition) is 3. The van der Waals surface area contributed by atoms with Crippen molar-refractivity contribution in [3.63, 3.8) is 0 Å². The Morgan fingerprint density at radius 3 is 2.61 bits per heavy atom. The van der Waals surface area contributed by atoms with E-state index >= 15 is 0 Å². The molecular weight excluding hydrogens is 314 g/mol. The molecule has 0 aliphatic carbocycles. The maximum absolute atomic E-state index is 12.8. The number of carbonyl (C=O) groups is 2. The predicted octanol–water partition coefficient (Wildman–Crippen LogP) is 3.77. The van der Waals surface area contributed by atoms with Crippen molar-refractivity contribution in [3.05, 3.63) is 70.4 Å². The number of nitrogens with one attached hydrogen (secondary N) is 1. The van der Waals surface area contributed by atoms with Crippen molar-refractivity contribution >= 4 is 34.3 Å². The molecule has 5 heteroatoms. The van der Waals surface area contributed by atoms with Crippen molar-refractivity contribution in [1.29, 1.82) is 0 Å². The lowest BCUT2D eigenvalue weighted by molar-refractivity contribution is -0.139. The highest BCUT2D eigenvalue weighted by Gasteiger charge is 2.18. The van der Waals surface area contributed by atoms with Crippen LogP contribution in [0.4, 0.5) is 0 Å². The molecule has 0 fully saturated rings. The number of carbonyl (C=O) groups excluding carboxylic acids is 2. The first kappa shape index (κ1) is 15.3. The average Bonchev–Trinajstić information content (AvgIpc) is 2.96. The molecule has 0 bridgehead atoms. The summed E-state index contributed by atoms with van der Waals surface area (Å²) in [5, 5.41) is 1.16. The normalized spacial score (nSPS) is 10.7. The number of methoxy groups -OCH3 is 1. The lowest BCUT2D eigenvalue weighted by Gasteiger charge is -2.07. The number of ketones is 1. The topological polar surface area (TPSA) is 59.2 Å². The SMILES string of the molecule is COC(=O)Cc1c[nH]c2cc(Cl)cc(C(=O)c3ccccc3)c12. The molecule has 0 unspecified atom stereocenters. The van der Waals surface area contributed by atoms with Crippen LogP contribution in [-0.4, -0.2) is 23.8 Å². The van der Waals surface area contributed by atoms with E-state index in [2.05, 4.69) is 4.98 Å². The third kappa shape index (κ3) is 2.98. The van der Waals surface area contributed by atoms with E-state index in [0.29, 0.717) is 27.1 Å². The summed E-state index contributed by atoms with van der Waals surface area (Å²) in [5.74, 6) is -0.497. The van der Waals surface area contributed by atoms with Gasteiger partial charge in [0, 0.05) is 33.2 Å². The molecule has 2 aromatic carbocycles. The quantitative estimate of drug-likeness (QED) is 0.586. The minimum absolute atomic E-state index is 0.0905. The van der Waals surface area contributed by atoms with Crippen molar-refractivity contribution in [2.45, 2.75) is 6.42 Å². The van der Waals surface area contributed by atoms with E-state index in [9.17, 15) is 9.59 Å². The molecule has 4 nitrogen and oxygen atoms in total. The fourth-order valence-corrected chi connectivity index (χ4v) is 2.81. The summed E-state index contributed by atoms with van der Waals surface area (Å²) in [4.78, 5) is 27.5. The van der Waals surface area contributed by atoms with Gasteiger partial charge in [-0.15, -0.1) is 0 Å². The zero-order valence-corrected chi connectivity index (χ0v) is 13.2. The number of ether oxygens (including phenoxy) is 1. The van der Waals surface area contributed by atoms with E-state index in [1.807, 2.05) is 18.2 Å². The van der Waals surface area contributed by atoms with Crippen LogP contribution in [0.3, 0.4) is 0 Å². The summed E-state index contributed by atoms with van der Waals surface area (Å²) >= 11 is 6.13. The Labute approximate surface area is 138 Å². The van der Waals surface area contributed by atoms with E-state index in [1.165, 1.54) is 7.11 Å². The first-order chi connectivity index (χ1) is 11.1. The Morgan fingerprint density at radius 2 is 1.91 bits per heavy atom. The number of aromatic amines is 1. The predicted molar refractivity (Wildman–Crippen MR) is 88.9 cm³/mol. The van der Waals surface area contributed by atoms with Crippen LogP contribution in [0, 0.1) is 0 Å². The maximum Gasteiger partial charge on any atom is 0.310 e. The van der Waals surface area contributed by atoms with Gasteiger partial charge in [-0.2, -0.15) is 0 Å². The van der Waals surface area contributed by atoms with Gasteiger partial charge in [0.25, 0.3) is 0 Å². The molecule has 0 aliphatic rings. The maximum atomic E-state index is 12.8. The van der Waals surface area contributed by atoms with Gasteiger partial charge in [-0.25, -0.2) is 0 Å². The van der Waals surface area contributed by atoms with E-state index in [0.717, 1.165) is 5.52 Å². The van der Waals surface area contributed by atoms with Crippen LogP contribution in [0.1, 0.15) is 21.5 Å². The Balaban J connectivity index is 2.17. The molecule has 3 aromatic rings. The molecule has 116 valence electrons. The molecule has 23 heavy (non-hydrogen) atoms. The number of hydrogen-bond donors (Lipinski definition) is 1. The lowest BCUT2D eigenvalue weighted by Crippen LogP contribution is -2.06. The number of aromatic nitrogens is 1. The molecule has 1 heterocycles. The fourth-order valence-electron chi connectivity index (χ4n) is 2.59. The first-order valence-electron chi connectivity index (χ1n) is 7.06. The van der Waals surface area contributed by atoms with Crippen LogP contribution in [0.2, 0.25) is 5.02 Å². The van der Waals surface area contributed by atoms with E-state index in [-0.39, 0.29) is 18.2 Å². The van der Waals surface area contributed by atoms with E-state index < -0.39 is 0 Å². The second kappa shape index (κ2) is 6.26. The fraction of sp³-hybridized carbons (Fsp3) is 0.111. The molecule has 0 amide bonds.